The van der Waals surface area contributed by atoms with Gasteiger partial charge in [-0.25, -0.2) is 4.98 Å². The fourth-order valence-electron chi connectivity index (χ4n) is 1.22. The number of rotatable bonds is 3. The van der Waals surface area contributed by atoms with E-state index >= 15 is 0 Å². The quantitative estimate of drug-likeness (QED) is 0.662. The molecule has 1 aromatic heterocycles. The molecule has 0 radical (unpaired) electrons. The number of aromatic amines is 1. The zero-order valence-electron chi connectivity index (χ0n) is 8.45. The molecular weight excluding hydrogens is 240 g/mol. The van der Waals surface area contributed by atoms with Gasteiger partial charge in [-0.3, -0.25) is 10.1 Å². The van der Waals surface area contributed by atoms with Gasteiger partial charge in [0.05, 0.1) is 10.5 Å². The summed E-state index contributed by atoms with van der Waals surface area (Å²) < 4.78 is 0. The normalized spacial score (nSPS) is 9.82. The van der Waals surface area contributed by atoms with E-state index < -0.39 is 4.92 Å². The monoisotopic (exact) mass is 246 g/mol. The van der Waals surface area contributed by atoms with Crippen molar-refractivity contribution in [1.82, 2.24) is 9.97 Å². The van der Waals surface area contributed by atoms with Crippen molar-refractivity contribution in [2.45, 2.75) is 10.1 Å². The third kappa shape index (κ3) is 2.43. The minimum absolute atomic E-state index is 0.0923. The first-order chi connectivity index (χ1) is 8.20. The molecule has 7 heteroatoms. The molecule has 1 N–H and O–H groups in total. The Labute approximate surface area is 100 Å². The van der Waals surface area contributed by atoms with Crippen molar-refractivity contribution in [3.8, 4) is 6.07 Å². The largest absolute Gasteiger partial charge is 0.339 e. The lowest BCUT2D eigenvalue weighted by molar-refractivity contribution is -0.384. The molecule has 0 aliphatic rings. The molecule has 0 aliphatic carbocycles. The van der Waals surface area contributed by atoms with Crippen molar-refractivity contribution in [2.75, 3.05) is 0 Å². The lowest BCUT2D eigenvalue weighted by Gasteiger charge is -2.00. The molecule has 2 rings (SSSR count). The number of nitro groups is 1. The van der Waals surface area contributed by atoms with E-state index in [4.69, 9.17) is 5.26 Å². The molecule has 0 saturated heterocycles. The molecular formula is C10H6N4O2S. The van der Waals surface area contributed by atoms with Crippen LogP contribution in [0.4, 0.5) is 5.69 Å². The highest BCUT2D eigenvalue weighted by molar-refractivity contribution is 7.99. The summed E-state index contributed by atoms with van der Waals surface area (Å²) >= 11 is 1.25. The van der Waals surface area contributed by atoms with Gasteiger partial charge in [0, 0.05) is 29.4 Å². The molecule has 84 valence electrons. The Hall–Kier alpha value is -2.33. The van der Waals surface area contributed by atoms with Crippen LogP contribution in [0.25, 0.3) is 0 Å². The van der Waals surface area contributed by atoms with Gasteiger partial charge in [0.2, 0.25) is 0 Å². The highest BCUT2D eigenvalue weighted by Crippen LogP contribution is 2.29. The Balaban J connectivity index is 2.35. The predicted octanol–water partition coefficient (Wildman–Crippen LogP) is 2.34. The van der Waals surface area contributed by atoms with Crippen LogP contribution >= 0.6 is 11.8 Å². The topological polar surface area (TPSA) is 95.6 Å². The van der Waals surface area contributed by atoms with Crippen molar-refractivity contribution in [1.29, 1.82) is 5.26 Å². The number of aromatic nitrogens is 2. The smallest absolute Gasteiger partial charge is 0.270 e. The molecule has 0 fully saturated rings. The van der Waals surface area contributed by atoms with Crippen molar-refractivity contribution >= 4 is 17.4 Å². The molecule has 6 nitrogen and oxygen atoms in total. The van der Waals surface area contributed by atoms with Gasteiger partial charge in [0.25, 0.3) is 5.69 Å². The van der Waals surface area contributed by atoms with E-state index in [-0.39, 0.29) is 11.3 Å². The number of nitrogens with one attached hydrogen (secondary N) is 1. The zero-order valence-corrected chi connectivity index (χ0v) is 9.27. The van der Waals surface area contributed by atoms with Crippen LogP contribution in [0.2, 0.25) is 0 Å². The maximum atomic E-state index is 10.6. The number of imidazole rings is 1. The Kier molecular flexibility index (Phi) is 3.07. The third-order valence-corrected chi connectivity index (χ3v) is 2.97. The van der Waals surface area contributed by atoms with Crippen molar-refractivity contribution in [3.63, 3.8) is 0 Å². The summed E-state index contributed by atoms with van der Waals surface area (Å²) in [6, 6.07) is 6.10. The number of non-ortho nitro benzene ring substituents is 1. The predicted molar refractivity (Wildman–Crippen MR) is 60.5 cm³/mol. The Morgan fingerprint density at radius 2 is 2.35 bits per heavy atom. The molecule has 2 aromatic rings. The van der Waals surface area contributed by atoms with Crippen LogP contribution in [-0.2, 0) is 0 Å². The summed E-state index contributed by atoms with van der Waals surface area (Å²) in [4.78, 5) is 17.6. The van der Waals surface area contributed by atoms with Gasteiger partial charge in [0.15, 0.2) is 5.16 Å². The van der Waals surface area contributed by atoms with Crippen LogP contribution in [0.1, 0.15) is 5.56 Å². The molecule has 0 saturated carbocycles. The van der Waals surface area contributed by atoms with Gasteiger partial charge < -0.3 is 4.98 Å². The van der Waals surface area contributed by atoms with Crippen molar-refractivity contribution < 1.29 is 4.92 Å². The number of hydrogen-bond donors (Lipinski definition) is 1. The van der Waals surface area contributed by atoms with E-state index in [9.17, 15) is 10.1 Å². The van der Waals surface area contributed by atoms with Crippen LogP contribution in [0.15, 0.2) is 40.6 Å². The minimum atomic E-state index is -0.526. The first-order valence-corrected chi connectivity index (χ1v) is 5.38. The van der Waals surface area contributed by atoms with E-state index in [2.05, 4.69) is 9.97 Å². The van der Waals surface area contributed by atoms with Crippen LogP contribution in [0.3, 0.4) is 0 Å². The van der Waals surface area contributed by atoms with Crippen LogP contribution in [-0.4, -0.2) is 14.9 Å². The first kappa shape index (κ1) is 11.2. The van der Waals surface area contributed by atoms with Gasteiger partial charge >= 0.3 is 0 Å². The van der Waals surface area contributed by atoms with E-state index in [1.165, 1.54) is 23.9 Å². The maximum absolute atomic E-state index is 10.6. The summed E-state index contributed by atoms with van der Waals surface area (Å²) in [5, 5.41) is 20.1. The molecule has 1 heterocycles. The molecule has 0 aliphatic heterocycles. The van der Waals surface area contributed by atoms with Gasteiger partial charge in [-0.05, 0) is 6.07 Å². The average molecular weight is 246 g/mol. The Morgan fingerprint density at radius 3 is 2.94 bits per heavy atom. The number of nitro benzene ring substituents is 1. The Morgan fingerprint density at radius 1 is 1.53 bits per heavy atom. The fourth-order valence-corrected chi connectivity index (χ4v) is 2.02. The first-order valence-electron chi connectivity index (χ1n) is 4.56. The SMILES string of the molecule is N#Cc1cc([N+](=O)[O-])ccc1Sc1ncc[nH]1. The second-order valence-electron chi connectivity index (χ2n) is 3.05. The molecule has 0 spiro atoms. The molecule has 0 bridgehead atoms. The minimum Gasteiger partial charge on any atom is -0.339 e. The number of nitriles is 1. The van der Waals surface area contributed by atoms with Crippen molar-refractivity contribution in [3.05, 3.63) is 46.3 Å². The van der Waals surface area contributed by atoms with Gasteiger partial charge in [-0.15, -0.1) is 0 Å². The highest BCUT2D eigenvalue weighted by atomic mass is 32.2. The number of hydrogen-bond acceptors (Lipinski definition) is 5. The number of H-pyrrole nitrogens is 1. The van der Waals surface area contributed by atoms with E-state index in [1.54, 1.807) is 18.5 Å². The van der Waals surface area contributed by atoms with Crippen molar-refractivity contribution in [2.24, 2.45) is 0 Å². The van der Waals surface area contributed by atoms with Crippen LogP contribution in [0, 0.1) is 21.4 Å². The van der Waals surface area contributed by atoms with Gasteiger partial charge in [0.1, 0.15) is 6.07 Å². The third-order valence-electron chi connectivity index (χ3n) is 1.97. The van der Waals surface area contributed by atoms with E-state index in [0.717, 1.165) is 0 Å². The Bertz CT molecular complexity index is 589. The summed E-state index contributed by atoms with van der Waals surface area (Å²) in [6.07, 6.45) is 3.26. The molecule has 0 unspecified atom stereocenters. The molecule has 17 heavy (non-hydrogen) atoms. The maximum Gasteiger partial charge on any atom is 0.270 e. The lowest BCUT2D eigenvalue weighted by atomic mass is 10.2. The second kappa shape index (κ2) is 4.67. The zero-order chi connectivity index (χ0) is 12.3. The highest BCUT2D eigenvalue weighted by Gasteiger charge is 2.12. The summed E-state index contributed by atoms with van der Waals surface area (Å²) in [5.74, 6) is 0. The summed E-state index contributed by atoms with van der Waals surface area (Å²) in [6.45, 7) is 0. The van der Waals surface area contributed by atoms with E-state index in [0.29, 0.717) is 10.1 Å². The van der Waals surface area contributed by atoms with E-state index in [1.807, 2.05) is 6.07 Å². The molecule has 0 atom stereocenters. The molecule has 0 amide bonds. The summed E-state index contributed by atoms with van der Waals surface area (Å²) in [7, 11) is 0. The number of nitrogens with zero attached hydrogens (tertiary/aromatic N) is 3. The van der Waals surface area contributed by atoms with Crippen LogP contribution < -0.4 is 0 Å². The number of benzene rings is 1. The van der Waals surface area contributed by atoms with Crippen LogP contribution in [0.5, 0.6) is 0 Å². The van der Waals surface area contributed by atoms with Gasteiger partial charge in [-0.2, -0.15) is 5.26 Å². The average Bonchev–Trinajstić information content (AvgIpc) is 2.82. The standard InChI is InChI=1S/C10H6N4O2S/c11-6-7-5-8(14(15)16)1-2-9(7)17-10-12-3-4-13-10/h1-5H,(H,12,13). The lowest BCUT2D eigenvalue weighted by Crippen LogP contribution is -1.90. The fraction of sp³-hybridized carbons (Fsp3) is 0. The second-order valence-corrected chi connectivity index (χ2v) is 4.08. The van der Waals surface area contributed by atoms with Gasteiger partial charge in [-0.1, -0.05) is 11.8 Å². The molecule has 1 aromatic carbocycles. The summed E-state index contributed by atoms with van der Waals surface area (Å²) in [5.41, 5.74) is 0.172.